The summed E-state index contributed by atoms with van der Waals surface area (Å²) in [7, 11) is -4.67. The highest BCUT2D eigenvalue weighted by molar-refractivity contribution is 7.79. The molecule has 0 aliphatic carbocycles. The number of hydrogen-bond donors (Lipinski definition) is 2. The van der Waals surface area contributed by atoms with E-state index in [0.29, 0.717) is 0 Å². The third-order valence-corrected chi connectivity index (χ3v) is 4.96. The summed E-state index contributed by atoms with van der Waals surface area (Å²) in [6, 6.07) is 0. The second-order valence-electron chi connectivity index (χ2n) is 7.81. The van der Waals surface area contributed by atoms with Crippen LogP contribution >= 0.6 is 0 Å². The second-order valence-corrected chi connectivity index (χ2v) is 8.71. The molecule has 0 aromatic heterocycles. The van der Waals surface area contributed by atoms with Gasteiger partial charge in [-0.3, -0.25) is 9.11 Å². The Morgan fingerprint density at radius 1 is 0.429 bits per heavy atom. The lowest BCUT2D eigenvalue weighted by Crippen LogP contribution is -1.89. The Morgan fingerprint density at radius 2 is 0.536 bits per heavy atom. The molecule has 0 aromatic rings. The van der Waals surface area contributed by atoms with Gasteiger partial charge in [0.1, 0.15) is 0 Å². The minimum atomic E-state index is -4.67. The molecule has 0 aromatic carbocycles. The molecule has 0 amide bonds. The van der Waals surface area contributed by atoms with Gasteiger partial charge in [0.05, 0.1) is 0 Å². The number of hydrogen-bond acceptors (Lipinski definition) is 2. The highest BCUT2D eigenvalue weighted by atomic mass is 32.3. The number of unbranched alkanes of at least 4 members (excludes halogenated alkanes) is 19. The van der Waals surface area contributed by atoms with Crippen molar-refractivity contribution in [3.63, 3.8) is 0 Å². The Kier molecular flexibility index (Phi) is 31.1. The predicted molar refractivity (Wildman–Crippen MR) is 121 cm³/mol. The summed E-state index contributed by atoms with van der Waals surface area (Å²) < 4.78 is 31.6. The van der Waals surface area contributed by atoms with Gasteiger partial charge in [0, 0.05) is 0 Å². The van der Waals surface area contributed by atoms with Crippen LogP contribution in [0.1, 0.15) is 142 Å². The molecule has 6 heteroatoms. The minimum Gasteiger partial charge on any atom is -0.412 e. The highest BCUT2D eigenvalue weighted by Crippen LogP contribution is 2.14. The first-order valence-electron chi connectivity index (χ1n) is 11.6. The molecule has 174 valence electrons. The average Bonchev–Trinajstić information content (AvgIpc) is 2.59. The van der Waals surface area contributed by atoms with Crippen LogP contribution in [-0.2, 0) is 10.4 Å². The van der Waals surface area contributed by atoms with Crippen molar-refractivity contribution in [2.75, 3.05) is 0 Å². The standard InChI is InChI=1S/C22H46.H2O4S.H2O/c1-3-5-7-9-11-13-15-17-19-21-22-20-18-16-14-12-10-8-6-4-2;1-5(2,3)4;/h3-22H2,1-2H3;(H2,1,2,3,4);1H2. The van der Waals surface area contributed by atoms with E-state index in [1.807, 2.05) is 0 Å². The summed E-state index contributed by atoms with van der Waals surface area (Å²) in [6.07, 6.45) is 29.4. The molecule has 0 atom stereocenters. The molecule has 0 unspecified atom stereocenters. The van der Waals surface area contributed by atoms with Crippen molar-refractivity contribution < 1.29 is 23.0 Å². The SMILES string of the molecule is CCCCCCCCCCCCCCCCCCCCCC.O.O=S(=O)(O)O. The highest BCUT2D eigenvalue weighted by Gasteiger charge is 1.94. The first-order chi connectivity index (χ1) is 12.9. The lowest BCUT2D eigenvalue weighted by atomic mass is 10.0. The molecule has 0 saturated heterocycles. The fourth-order valence-electron chi connectivity index (χ4n) is 3.33. The zero-order chi connectivity index (χ0) is 20.6. The molecule has 0 fully saturated rings. The minimum absolute atomic E-state index is 0. The van der Waals surface area contributed by atoms with E-state index in [0.717, 1.165) is 0 Å². The maximum atomic E-state index is 8.74. The largest absolute Gasteiger partial charge is 0.412 e. The van der Waals surface area contributed by atoms with E-state index in [1.54, 1.807) is 0 Å². The molecule has 0 rings (SSSR count). The third kappa shape index (κ3) is 44.9. The van der Waals surface area contributed by atoms with E-state index < -0.39 is 10.4 Å². The molecule has 0 aliphatic rings. The van der Waals surface area contributed by atoms with Crippen molar-refractivity contribution in [2.24, 2.45) is 0 Å². The van der Waals surface area contributed by atoms with Gasteiger partial charge in [-0.15, -0.1) is 0 Å². The van der Waals surface area contributed by atoms with Gasteiger partial charge in [-0.2, -0.15) is 8.42 Å². The van der Waals surface area contributed by atoms with Crippen LogP contribution in [0, 0.1) is 0 Å². The molecule has 28 heavy (non-hydrogen) atoms. The van der Waals surface area contributed by atoms with Crippen molar-refractivity contribution >= 4 is 10.4 Å². The van der Waals surface area contributed by atoms with Crippen molar-refractivity contribution in [1.29, 1.82) is 0 Å². The fourth-order valence-corrected chi connectivity index (χ4v) is 3.33. The molecule has 0 spiro atoms. The molecule has 4 N–H and O–H groups in total. The van der Waals surface area contributed by atoms with Crippen LogP contribution in [0.3, 0.4) is 0 Å². The van der Waals surface area contributed by atoms with Gasteiger partial charge in [-0.25, -0.2) is 0 Å². The molecule has 0 aliphatic heterocycles. The fraction of sp³-hybridized carbons (Fsp3) is 1.00. The molecule has 0 heterocycles. The Bertz CT molecular complexity index is 330. The first kappa shape index (κ1) is 32.5. The van der Waals surface area contributed by atoms with Gasteiger partial charge in [-0.05, 0) is 0 Å². The lowest BCUT2D eigenvalue weighted by molar-refractivity contribution is 0.381. The summed E-state index contributed by atoms with van der Waals surface area (Å²) in [6.45, 7) is 4.60. The van der Waals surface area contributed by atoms with Crippen LogP contribution in [0.4, 0.5) is 0 Å². The second kappa shape index (κ2) is 26.8. The van der Waals surface area contributed by atoms with Gasteiger partial charge in [-0.1, -0.05) is 142 Å². The van der Waals surface area contributed by atoms with Gasteiger partial charge >= 0.3 is 10.4 Å². The first-order valence-corrected chi connectivity index (χ1v) is 13.0. The molecular weight excluding hydrogens is 376 g/mol. The van der Waals surface area contributed by atoms with Gasteiger partial charge in [0.25, 0.3) is 0 Å². The van der Waals surface area contributed by atoms with Gasteiger partial charge < -0.3 is 5.48 Å². The Balaban J connectivity index is -0.000000918. The topological polar surface area (TPSA) is 106 Å². The molecular formula is C22H50O5S. The van der Waals surface area contributed by atoms with Gasteiger partial charge in [0.15, 0.2) is 0 Å². The van der Waals surface area contributed by atoms with E-state index in [2.05, 4.69) is 13.8 Å². The maximum absolute atomic E-state index is 8.74. The quantitative estimate of drug-likeness (QED) is 0.166. The Labute approximate surface area is 176 Å². The van der Waals surface area contributed by atoms with E-state index in [-0.39, 0.29) is 5.48 Å². The van der Waals surface area contributed by atoms with Crippen LogP contribution < -0.4 is 0 Å². The molecule has 0 radical (unpaired) electrons. The summed E-state index contributed by atoms with van der Waals surface area (Å²) in [5.41, 5.74) is 0. The van der Waals surface area contributed by atoms with E-state index in [9.17, 15) is 0 Å². The number of rotatable bonds is 19. The summed E-state index contributed by atoms with van der Waals surface area (Å²) in [5, 5.41) is 0. The Morgan fingerprint density at radius 3 is 0.643 bits per heavy atom. The van der Waals surface area contributed by atoms with Crippen molar-refractivity contribution in [2.45, 2.75) is 142 Å². The Hall–Kier alpha value is -0.170. The van der Waals surface area contributed by atoms with Crippen LogP contribution in [0.15, 0.2) is 0 Å². The monoisotopic (exact) mass is 426 g/mol. The summed E-state index contributed by atoms with van der Waals surface area (Å²) >= 11 is 0. The van der Waals surface area contributed by atoms with Crippen molar-refractivity contribution in [1.82, 2.24) is 0 Å². The van der Waals surface area contributed by atoms with Crippen LogP contribution in [0.2, 0.25) is 0 Å². The zero-order valence-electron chi connectivity index (χ0n) is 18.8. The average molecular weight is 427 g/mol. The molecule has 0 saturated carbocycles. The van der Waals surface area contributed by atoms with Crippen LogP contribution in [-0.4, -0.2) is 23.0 Å². The van der Waals surface area contributed by atoms with E-state index in [1.165, 1.54) is 128 Å². The smallest absolute Gasteiger partial charge is 0.394 e. The van der Waals surface area contributed by atoms with Crippen LogP contribution in [0.25, 0.3) is 0 Å². The molecule has 5 nitrogen and oxygen atoms in total. The normalized spacial score (nSPS) is 10.9. The lowest BCUT2D eigenvalue weighted by Gasteiger charge is -2.03. The van der Waals surface area contributed by atoms with E-state index >= 15 is 0 Å². The summed E-state index contributed by atoms with van der Waals surface area (Å²) in [5.74, 6) is 0. The maximum Gasteiger partial charge on any atom is 0.394 e. The summed E-state index contributed by atoms with van der Waals surface area (Å²) in [4.78, 5) is 0. The van der Waals surface area contributed by atoms with Gasteiger partial charge in [0.2, 0.25) is 0 Å². The zero-order valence-corrected chi connectivity index (χ0v) is 19.6. The van der Waals surface area contributed by atoms with Crippen molar-refractivity contribution in [3.05, 3.63) is 0 Å². The third-order valence-electron chi connectivity index (χ3n) is 4.96. The van der Waals surface area contributed by atoms with E-state index in [4.69, 9.17) is 17.5 Å². The van der Waals surface area contributed by atoms with Crippen molar-refractivity contribution in [3.8, 4) is 0 Å². The molecule has 0 bridgehead atoms. The van der Waals surface area contributed by atoms with Crippen LogP contribution in [0.5, 0.6) is 0 Å². The predicted octanol–water partition coefficient (Wildman–Crippen LogP) is 7.35.